The summed E-state index contributed by atoms with van der Waals surface area (Å²) in [5, 5.41) is 2.33. The van der Waals surface area contributed by atoms with Crippen molar-refractivity contribution in [3.63, 3.8) is 0 Å². The van der Waals surface area contributed by atoms with Crippen LogP contribution in [0.2, 0.25) is 0 Å². The van der Waals surface area contributed by atoms with Crippen LogP contribution in [0.25, 0.3) is 72.3 Å². The van der Waals surface area contributed by atoms with Gasteiger partial charge in [0.2, 0.25) is 0 Å². The van der Waals surface area contributed by atoms with E-state index in [-0.39, 0.29) is 0 Å². The number of hydrogen-bond donors (Lipinski definition) is 0. The van der Waals surface area contributed by atoms with Gasteiger partial charge in [-0.25, -0.2) is 0 Å². The van der Waals surface area contributed by atoms with Gasteiger partial charge in [-0.2, -0.15) is 0 Å². The van der Waals surface area contributed by atoms with Crippen molar-refractivity contribution < 1.29 is 0 Å². The van der Waals surface area contributed by atoms with Gasteiger partial charge in [-0.1, -0.05) is 146 Å². The Hall–Kier alpha value is -9.32. The molecular formula is C64H45N5. The Morgan fingerprint density at radius 3 is 0.957 bits per heavy atom. The molecule has 0 aliphatic rings. The predicted octanol–water partition coefficient (Wildman–Crippen LogP) is 17.2. The van der Waals surface area contributed by atoms with E-state index < -0.39 is 0 Å². The molecule has 0 saturated heterocycles. The molecule has 0 bridgehead atoms. The first-order valence-electron chi connectivity index (χ1n) is 23.3. The predicted molar refractivity (Wildman–Crippen MR) is 287 cm³/mol. The maximum atomic E-state index is 4.64. The van der Waals surface area contributed by atoms with Gasteiger partial charge < -0.3 is 14.4 Å². The molecule has 0 amide bonds. The van der Waals surface area contributed by atoms with Crippen LogP contribution in [0.3, 0.4) is 0 Å². The van der Waals surface area contributed by atoms with E-state index in [0.717, 1.165) is 95.6 Å². The molecule has 3 heterocycles. The molecule has 0 spiro atoms. The largest absolute Gasteiger partial charge is 0.310 e. The molecule has 0 saturated carbocycles. The van der Waals surface area contributed by atoms with Crippen LogP contribution in [-0.4, -0.2) is 14.5 Å². The maximum Gasteiger partial charge on any atom is 0.0701 e. The van der Waals surface area contributed by atoms with Crippen molar-refractivity contribution in [3.05, 3.63) is 273 Å². The Kier molecular flexibility index (Phi) is 10.8. The van der Waals surface area contributed by atoms with Crippen LogP contribution in [-0.2, 0) is 0 Å². The van der Waals surface area contributed by atoms with Gasteiger partial charge in [-0.05, 0) is 138 Å². The van der Waals surface area contributed by atoms with Crippen molar-refractivity contribution >= 4 is 55.9 Å². The molecule has 12 rings (SSSR count). The number of fused-ring (bicyclic) bond motifs is 3. The minimum Gasteiger partial charge on any atom is -0.310 e. The quantitative estimate of drug-likeness (QED) is 0.130. The van der Waals surface area contributed by atoms with E-state index in [1.807, 2.05) is 36.7 Å². The van der Waals surface area contributed by atoms with Crippen molar-refractivity contribution in [2.45, 2.75) is 0 Å². The highest BCUT2D eigenvalue weighted by Crippen LogP contribution is 2.44. The van der Waals surface area contributed by atoms with E-state index in [2.05, 4.69) is 261 Å². The fourth-order valence-corrected chi connectivity index (χ4v) is 9.56. The van der Waals surface area contributed by atoms with Crippen LogP contribution in [0.1, 0.15) is 0 Å². The number of pyridine rings is 2. The van der Waals surface area contributed by atoms with Crippen LogP contribution >= 0.6 is 0 Å². The minimum atomic E-state index is 0.948. The van der Waals surface area contributed by atoms with Crippen LogP contribution < -0.4 is 9.80 Å². The maximum absolute atomic E-state index is 4.64. The number of nitrogens with zero attached hydrogens (tertiary/aromatic N) is 5. The highest BCUT2D eigenvalue weighted by atomic mass is 15.2. The molecule has 9 aromatic carbocycles. The summed E-state index contributed by atoms with van der Waals surface area (Å²) in [6, 6.07) is 93.0. The lowest BCUT2D eigenvalue weighted by Crippen LogP contribution is -2.10. The summed E-state index contributed by atoms with van der Waals surface area (Å²) in [4.78, 5) is 14.0. The van der Waals surface area contributed by atoms with Crippen LogP contribution in [0.4, 0.5) is 34.1 Å². The fraction of sp³-hybridized carbons (Fsp3) is 0. The molecule has 0 atom stereocenters. The lowest BCUT2D eigenvalue weighted by atomic mass is 9.96. The zero-order chi connectivity index (χ0) is 45.9. The molecule has 3 aromatic heterocycles. The highest BCUT2D eigenvalue weighted by Gasteiger charge is 2.21. The third-order valence-corrected chi connectivity index (χ3v) is 12.8. The first kappa shape index (κ1) is 41.1. The Balaban J connectivity index is 1.11. The highest BCUT2D eigenvalue weighted by molar-refractivity contribution is 6.11. The van der Waals surface area contributed by atoms with Crippen LogP contribution in [0.5, 0.6) is 0 Å². The Bertz CT molecular complexity index is 3350. The summed E-state index contributed by atoms with van der Waals surface area (Å²) < 4.78 is 2.47. The van der Waals surface area contributed by atoms with Crippen molar-refractivity contribution in [2.24, 2.45) is 0 Å². The van der Waals surface area contributed by atoms with Gasteiger partial charge in [-0.15, -0.1) is 0 Å². The van der Waals surface area contributed by atoms with Crippen molar-refractivity contribution in [2.75, 3.05) is 9.80 Å². The average molecular weight is 884 g/mol. The lowest BCUT2D eigenvalue weighted by molar-refractivity contribution is 1.17. The van der Waals surface area contributed by atoms with Gasteiger partial charge in [0.25, 0.3) is 0 Å². The number of rotatable bonds is 11. The fourth-order valence-electron chi connectivity index (χ4n) is 9.56. The van der Waals surface area contributed by atoms with E-state index in [1.54, 1.807) is 0 Å². The second-order valence-electron chi connectivity index (χ2n) is 17.1. The minimum absolute atomic E-state index is 0.948. The number of para-hydroxylation sites is 4. The van der Waals surface area contributed by atoms with E-state index in [0.29, 0.717) is 0 Å². The van der Waals surface area contributed by atoms with E-state index in [4.69, 9.17) is 0 Å². The van der Waals surface area contributed by atoms with Crippen molar-refractivity contribution in [1.82, 2.24) is 14.5 Å². The van der Waals surface area contributed by atoms with Crippen LogP contribution in [0, 0.1) is 0 Å². The molecule has 12 aromatic rings. The smallest absolute Gasteiger partial charge is 0.0701 e. The molecule has 0 N–H and O–H groups in total. The Morgan fingerprint density at radius 2 is 0.609 bits per heavy atom. The van der Waals surface area contributed by atoms with E-state index in [9.17, 15) is 0 Å². The second-order valence-corrected chi connectivity index (χ2v) is 17.1. The normalized spacial score (nSPS) is 11.2. The lowest BCUT2D eigenvalue weighted by Gasteiger charge is -2.26. The average Bonchev–Trinajstić information content (AvgIpc) is 3.76. The zero-order valence-corrected chi connectivity index (χ0v) is 37.7. The summed E-state index contributed by atoms with van der Waals surface area (Å²) in [5.41, 5.74) is 18.2. The molecule has 0 radical (unpaired) electrons. The standard InChI is InChI=1S/C64H45N5/c1-5-17-52(18-6-1)67(53-19-7-2-8-20-53)56-35-37-59-60-38-36-57(68(54-21-9-3-10-22-54)55-23-11-4-12-24-55)45-64(60)69(63(59)44-56)58-42-50(46-27-31-48(32-28-46)61-25-13-15-39-65-61)41-51(43-58)47-29-33-49(34-30-47)62-26-14-16-40-66-62/h1-45H. The molecule has 0 fully saturated rings. The molecule has 326 valence electrons. The summed E-state index contributed by atoms with van der Waals surface area (Å²) in [7, 11) is 0. The number of anilines is 6. The van der Waals surface area contributed by atoms with Gasteiger partial charge in [0.15, 0.2) is 0 Å². The number of benzene rings is 9. The Morgan fingerprint density at radius 1 is 0.261 bits per heavy atom. The van der Waals surface area contributed by atoms with Gasteiger partial charge in [0.05, 0.1) is 22.4 Å². The Labute approximate surface area is 402 Å². The zero-order valence-electron chi connectivity index (χ0n) is 37.7. The number of hydrogen-bond acceptors (Lipinski definition) is 4. The molecule has 0 aliphatic carbocycles. The molecular weight excluding hydrogens is 839 g/mol. The first-order chi connectivity index (χ1) is 34.2. The summed E-state index contributed by atoms with van der Waals surface area (Å²) >= 11 is 0. The topological polar surface area (TPSA) is 37.2 Å². The first-order valence-corrected chi connectivity index (χ1v) is 23.3. The van der Waals surface area contributed by atoms with Gasteiger partial charge in [0.1, 0.15) is 0 Å². The molecule has 0 unspecified atom stereocenters. The molecule has 0 aliphatic heterocycles. The van der Waals surface area contributed by atoms with Crippen molar-refractivity contribution in [3.8, 4) is 50.5 Å². The van der Waals surface area contributed by atoms with Crippen LogP contribution in [0.15, 0.2) is 273 Å². The second kappa shape index (κ2) is 18.2. The third-order valence-electron chi connectivity index (χ3n) is 12.8. The summed E-state index contributed by atoms with van der Waals surface area (Å²) in [5.74, 6) is 0. The van der Waals surface area contributed by atoms with E-state index in [1.165, 1.54) is 10.8 Å². The molecule has 5 heteroatoms. The molecule has 69 heavy (non-hydrogen) atoms. The van der Waals surface area contributed by atoms with Crippen molar-refractivity contribution in [1.29, 1.82) is 0 Å². The number of aromatic nitrogens is 3. The van der Waals surface area contributed by atoms with Gasteiger partial charge in [-0.3, -0.25) is 9.97 Å². The van der Waals surface area contributed by atoms with E-state index >= 15 is 0 Å². The SMILES string of the molecule is c1ccc(N(c2ccccc2)c2ccc3c4ccc(N(c5ccccc5)c5ccccc5)cc4n(-c4cc(-c5ccc(-c6ccccn6)cc5)cc(-c5ccc(-c6ccccn6)cc5)c4)c3c2)cc1. The van der Waals surface area contributed by atoms with Gasteiger partial charge >= 0.3 is 0 Å². The third kappa shape index (κ3) is 8.09. The van der Waals surface area contributed by atoms with Gasteiger partial charge in [0, 0.05) is 74.1 Å². The summed E-state index contributed by atoms with van der Waals surface area (Å²) in [6.07, 6.45) is 3.69. The molecule has 5 nitrogen and oxygen atoms in total. The summed E-state index contributed by atoms with van der Waals surface area (Å²) in [6.45, 7) is 0. The monoisotopic (exact) mass is 883 g/mol.